The van der Waals surface area contributed by atoms with E-state index in [1.165, 1.54) is 0 Å². The summed E-state index contributed by atoms with van der Waals surface area (Å²) in [5, 5.41) is 9.17. The predicted molar refractivity (Wildman–Crippen MR) is 87.4 cm³/mol. The van der Waals surface area contributed by atoms with Crippen LogP contribution < -0.4 is 9.47 Å². The quantitative estimate of drug-likeness (QED) is 0.810. The molecule has 0 aliphatic heterocycles. The molecule has 0 heterocycles. The summed E-state index contributed by atoms with van der Waals surface area (Å²) in [4.78, 5) is 13.9. The highest BCUT2D eigenvalue weighted by molar-refractivity contribution is 5.77. The van der Waals surface area contributed by atoms with Crippen molar-refractivity contribution in [2.24, 2.45) is 0 Å². The number of methoxy groups -OCH3 is 1. The molecule has 5 nitrogen and oxygen atoms in total. The number of carbonyl (C=O) groups excluding carboxylic acids is 1. The van der Waals surface area contributed by atoms with Crippen LogP contribution in [0.4, 0.5) is 0 Å². The van der Waals surface area contributed by atoms with Crippen LogP contribution in [0.15, 0.2) is 54.6 Å². The van der Waals surface area contributed by atoms with Crippen molar-refractivity contribution < 1.29 is 19.4 Å². The summed E-state index contributed by atoms with van der Waals surface area (Å²) < 4.78 is 10.6. The largest absolute Gasteiger partial charge is 0.497 e. The molecule has 0 unspecified atom stereocenters. The fourth-order valence-electron chi connectivity index (χ4n) is 2.14. The molecule has 2 aromatic rings. The van der Waals surface area contributed by atoms with Crippen LogP contribution >= 0.6 is 0 Å². The summed E-state index contributed by atoms with van der Waals surface area (Å²) in [5.74, 6) is 1.07. The van der Waals surface area contributed by atoms with Crippen LogP contribution in [0.25, 0.3) is 0 Å². The van der Waals surface area contributed by atoms with Crippen LogP contribution in [0.3, 0.4) is 0 Å². The number of aliphatic hydroxyl groups excluding tert-OH is 1. The van der Waals surface area contributed by atoms with Gasteiger partial charge in [0.2, 0.25) is 0 Å². The number of hydrogen-bond acceptors (Lipinski definition) is 4. The van der Waals surface area contributed by atoms with Gasteiger partial charge in [0.15, 0.2) is 6.61 Å². The number of ether oxygens (including phenoxy) is 2. The number of carbonyl (C=O) groups is 1. The first-order valence-electron chi connectivity index (χ1n) is 7.42. The van der Waals surface area contributed by atoms with Gasteiger partial charge in [-0.25, -0.2) is 0 Å². The molecule has 2 aromatic carbocycles. The third-order valence-corrected chi connectivity index (χ3v) is 3.34. The van der Waals surface area contributed by atoms with E-state index in [-0.39, 0.29) is 25.7 Å². The minimum absolute atomic E-state index is 0.0833. The average Bonchev–Trinajstić information content (AvgIpc) is 2.60. The Morgan fingerprint density at radius 2 is 1.83 bits per heavy atom. The number of nitrogens with zero attached hydrogens (tertiary/aromatic N) is 1. The molecule has 5 heteroatoms. The second kappa shape index (κ2) is 8.80. The maximum absolute atomic E-state index is 12.3. The first-order chi connectivity index (χ1) is 11.2. The Labute approximate surface area is 136 Å². The lowest BCUT2D eigenvalue weighted by molar-refractivity contribution is -0.134. The van der Waals surface area contributed by atoms with Gasteiger partial charge in [-0.2, -0.15) is 0 Å². The maximum atomic E-state index is 12.3. The Hall–Kier alpha value is -2.53. The molecule has 1 N–H and O–H groups in total. The van der Waals surface area contributed by atoms with Gasteiger partial charge in [-0.1, -0.05) is 36.4 Å². The molecule has 0 aliphatic rings. The Bertz CT molecular complexity index is 615. The molecule has 0 aliphatic carbocycles. The van der Waals surface area contributed by atoms with Gasteiger partial charge in [0.25, 0.3) is 5.91 Å². The van der Waals surface area contributed by atoms with Crippen molar-refractivity contribution in [3.63, 3.8) is 0 Å². The molecule has 2 rings (SSSR count). The molecular formula is C18H21NO4. The first kappa shape index (κ1) is 16.8. The lowest BCUT2D eigenvalue weighted by Gasteiger charge is -2.22. The normalized spacial score (nSPS) is 10.2. The van der Waals surface area contributed by atoms with Crippen molar-refractivity contribution in [3.8, 4) is 11.5 Å². The third-order valence-electron chi connectivity index (χ3n) is 3.34. The van der Waals surface area contributed by atoms with Crippen molar-refractivity contribution in [1.82, 2.24) is 4.90 Å². The van der Waals surface area contributed by atoms with Crippen molar-refractivity contribution in [1.29, 1.82) is 0 Å². The smallest absolute Gasteiger partial charge is 0.260 e. The van der Waals surface area contributed by atoms with E-state index in [0.717, 1.165) is 5.56 Å². The van der Waals surface area contributed by atoms with E-state index in [9.17, 15) is 4.79 Å². The Balaban J connectivity index is 1.94. The van der Waals surface area contributed by atoms with Crippen LogP contribution in [0.1, 0.15) is 5.56 Å². The molecule has 1 amide bonds. The van der Waals surface area contributed by atoms with Crippen LogP contribution in [0, 0.1) is 0 Å². The number of aliphatic hydroxyl groups is 1. The van der Waals surface area contributed by atoms with Gasteiger partial charge in [0, 0.05) is 19.2 Å². The van der Waals surface area contributed by atoms with Crippen molar-refractivity contribution in [2.75, 3.05) is 26.9 Å². The van der Waals surface area contributed by atoms with E-state index >= 15 is 0 Å². The molecule has 0 saturated heterocycles. The number of amides is 1. The SMILES string of the molecule is COc1cccc(OCC(=O)N(CCO)Cc2ccccc2)c1. The van der Waals surface area contributed by atoms with Gasteiger partial charge in [-0.3, -0.25) is 4.79 Å². The summed E-state index contributed by atoms with van der Waals surface area (Å²) in [6.45, 7) is 0.550. The van der Waals surface area contributed by atoms with Gasteiger partial charge in [-0.15, -0.1) is 0 Å². The van der Waals surface area contributed by atoms with E-state index < -0.39 is 0 Å². The molecule has 23 heavy (non-hydrogen) atoms. The molecule has 0 saturated carbocycles. The monoisotopic (exact) mass is 315 g/mol. The maximum Gasteiger partial charge on any atom is 0.260 e. The van der Waals surface area contributed by atoms with Gasteiger partial charge >= 0.3 is 0 Å². The number of rotatable bonds is 8. The molecular weight excluding hydrogens is 294 g/mol. The Morgan fingerprint density at radius 3 is 2.52 bits per heavy atom. The molecule has 0 aromatic heterocycles. The Morgan fingerprint density at radius 1 is 1.09 bits per heavy atom. The third kappa shape index (κ3) is 5.30. The molecule has 122 valence electrons. The van der Waals surface area contributed by atoms with Crippen LogP contribution in [0.5, 0.6) is 11.5 Å². The minimum atomic E-state index is -0.175. The van der Waals surface area contributed by atoms with Crippen molar-refractivity contribution >= 4 is 5.91 Å². The minimum Gasteiger partial charge on any atom is -0.497 e. The molecule has 0 spiro atoms. The summed E-state index contributed by atoms with van der Waals surface area (Å²) in [7, 11) is 1.58. The topological polar surface area (TPSA) is 59.0 Å². The Kier molecular flexibility index (Phi) is 6.44. The lowest BCUT2D eigenvalue weighted by Crippen LogP contribution is -2.36. The van der Waals surface area contributed by atoms with Gasteiger partial charge < -0.3 is 19.5 Å². The van der Waals surface area contributed by atoms with Crippen LogP contribution in [-0.4, -0.2) is 42.8 Å². The zero-order valence-corrected chi connectivity index (χ0v) is 13.1. The summed E-state index contributed by atoms with van der Waals surface area (Å²) in [5.41, 5.74) is 1.01. The lowest BCUT2D eigenvalue weighted by atomic mass is 10.2. The van der Waals surface area contributed by atoms with Gasteiger partial charge in [0.05, 0.1) is 13.7 Å². The summed E-state index contributed by atoms with van der Waals surface area (Å²) in [6, 6.07) is 16.8. The van der Waals surface area contributed by atoms with Crippen LogP contribution in [0.2, 0.25) is 0 Å². The predicted octanol–water partition coefficient (Wildman–Crippen LogP) is 2.10. The molecule has 0 radical (unpaired) electrons. The van der Waals surface area contributed by atoms with E-state index in [4.69, 9.17) is 14.6 Å². The standard InChI is InChI=1S/C18H21NO4/c1-22-16-8-5-9-17(12-16)23-14-18(21)19(10-11-20)13-15-6-3-2-4-7-15/h2-9,12,20H,10-11,13-14H2,1H3. The second-order valence-corrected chi connectivity index (χ2v) is 4.99. The zero-order valence-electron chi connectivity index (χ0n) is 13.1. The van der Waals surface area contributed by atoms with E-state index in [0.29, 0.717) is 18.0 Å². The number of hydrogen-bond donors (Lipinski definition) is 1. The fraction of sp³-hybridized carbons (Fsp3) is 0.278. The van der Waals surface area contributed by atoms with E-state index in [1.807, 2.05) is 36.4 Å². The van der Waals surface area contributed by atoms with Crippen LogP contribution in [-0.2, 0) is 11.3 Å². The zero-order chi connectivity index (χ0) is 16.5. The first-order valence-corrected chi connectivity index (χ1v) is 7.42. The average molecular weight is 315 g/mol. The highest BCUT2D eigenvalue weighted by atomic mass is 16.5. The summed E-state index contributed by atoms with van der Waals surface area (Å²) in [6.07, 6.45) is 0. The highest BCUT2D eigenvalue weighted by Crippen LogP contribution is 2.18. The number of benzene rings is 2. The molecule has 0 bridgehead atoms. The molecule has 0 atom stereocenters. The summed E-state index contributed by atoms with van der Waals surface area (Å²) >= 11 is 0. The van der Waals surface area contributed by atoms with Crippen molar-refractivity contribution in [3.05, 3.63) is 60.2 Å². The van der Waals surface area contributed by atoms with Gasteiger partial charge in [0.1, 0.15) is 11.5 Å². The van der Waals surface area contributed by atoms with E-state index in [2.05, 4.69) is 0 Å². The highest BCUT2D eigenvalue weighted by Gasteiger charge is 2.14. The van der Waals surface area contributed by atoms with Crippen molar-refractivity contribution in [2.45, 2.75) is 6.54 Å². The molecule has 0 fully saturated rings. The fourth-order valence-corrected chi connectivity index (χ4v) is 2.14. The second-order valence-electron chi connectivity index (χ2n) is 4.99. The van der Waals surface area contributed by atoms with Gasteiger partial charge in [-0.05, 0) is 17.7 Å². The van der Waals surface area contributed by atoms with E-state index in [1.54, 1.807) is 30.2 Å².